The van der Waals surface area contributed by atoms with Gasteiger partial charge in [0.25, 0.3) is 0 Å². The average Bonchev–Trinajstić information content (AvgIpc) is 2.78. The first kappa shape index (κ1) is 14.8. The Bertz CT molecular complexity index is 690. The monoisotopic (exact) mass is 298 g/mol. The van der Waals surface area contributed by atoms with Crippen LogP contribution in [-0.2, 0) is 0 Å². The van der Waals surface area contributed by atoms with Crippen LogP contribution in [-0.4, -0.2) is 34.0 Å². The van der Waals surface area contributed by atoms with E-state index in [2.05, 4.69) is 15.3 Å². The van der Waals surface area contributed by atoms with E-state index in [0.29, 0.717) is 0 Å². The number of likely N-dealkylation sites (tertiary alicyclic amines) is 1. The fourth-order valence-electron chi connectivity index (χ4n) is 2.78. The van der Waals surface area contributed by atoms with Crippen molar-refractivity contribution in [1.82, 2.24) is 14.9 Å². The first-order valence-electron chi connectivity index (χ1n) is 7.94. The molecule has 0 spiro atoms. The lowest BCUT2D eigenvalue weighted by atomic mass is 10.2. The number of aryl methyl sites for hydroxylation is 2. The van der Waals surface area contributed by atoms with Gasteiger partial charge in [-0.1, -0.05) is 12.8 Å². The molecule has 1 aromatic carbocycles. The van der Waals surface area contributed by atoms with Crippen molar-refractivity contribution in [2.75, 3.05) is 18.4 Å². The molecule has 1 aliphatic heterocycles. The molecule has 5 heteroatoms. The lowest BCUT2D eigenvalue weighted by Gasteiger charge is -2.20. The number of benzene rings is 1. The molecule has 0 unspecified atom stereocenters. The molecular formula is C17H22N4O. The molecule has 1 fully saturated rings. The summed E-state index contributed by atoms with van der Waals surface area (Å²) in [4.78, 5) is 23.3. The normalized spacial score (nSPS) is 15.6. The van der Waals surface area contributed by atoms with Crippen LogP contribution in [0.15, 0.2) is 18.2 Å². The number of urea groups is 1. The Morgan fingerprint density at radius 2 is 1.64 bits per heavy atom. The zero-order valence-electron chi connectivity index (χ0n) is 13.2. The molecule has 0 atom stereocenters. The summed E-state index contributed by atoms with van der Waals surface area (Å²) < 4.78 is 0. The molecule has 1 aromatic heterocycles. The van der Waals surface area contributed by atoms with E-state index in [9.17, 15) is 4.79 Å². The molecule has 0 bridgehead atoms. The smallest absolute Gasteiger partial charge is 0.321 e. The zero-order valence-corrected chi connectivity index (χ0v) is 13.2. The third kappa shape index (κ3) is 3.18. The van der Waals surface area contributed by atoms with Gasteiger partial charge in [0.15, 0.2) is 0 Å². The highest BCUT2D eigenvalue weighted by molar-refractivity contribution is 5.91. The number of nitrogens with zero attached hydrogens (tertiary/aromatic N) is 3. The van der Waals surface area contributed by atoms with Crippen molar-refractivity contribution in [3.63, 3.8) is 0 Å². The Balaban J connectivity index is 1.78. The van der Waals surface area contributed by atoms with Gasteiger partial charge in [-0.3, -0.25) is 0 Å². The molecule has 2 heterocycles. The van der Waals surface area contributed by atoms with E-state index < -0.39 is 0 Å². The molecule has 0 saturated carbocycles. The number of carbonyl (C=O) groups excluding carboxylic acids is 1. The van der Waals surface area contributed by atoms with E-state index in [1.54, 1.807) is 0 Å². The van der Waals surface area contributed by atoms with Crippen molar-refractivity contribution >= 4 is 22.8 Å². The fraction of sp³-hybridized carbons (Fsp3) is 0.471. The van der Waals surface area contributed by atoms with Gasteiger partial charge in [-0.05, 0) is 44.9 Å². The summed E-state index contributed by atoms with van der Waals surface area (Å²) in [6.07, 6.45) is 4.62. The van der Waals surface area contributed by atoms with E-state index in [1.807, 2.05) is 36.9 Å². The Hall–Kier alpha value is -2.17. The molecule has 5 nitrogen and oxygen atoms in total. The Morgan fingerprint density at radius 1 is 1.00 bits per heavy atom. The lowest BCUT2D eigenvalue weighted by molar-refractivity contribution is 0.214. The van der Waals surface area contributed by atoms with Gasteiger partial charge in [-0.25, -0.2) is 14.8 Å². The summed E-state index contributed by atoms with van der Waals surface area (Å²) in [5.74, 6) is 0. The maximum atomic E-state index is 12.4. The Morgan fingerprint density at radius 3 is 2.32 bits per heavy atom. The number of aromatic nitrogens is 2. The second-order valence-corrected chi connectivity index (χ2v) is 5.93. The second kappa shape index (κ2) is 6.30. The van der Waals surface area contributed by atoms with Gasteiger partial charge in [0.1, 0.15) is 0 Å². The van der Waals surface area contributed by atoms with E-state index in [0.717, 1.165) is 54.0 Å². The first-order valence-corrected chi connectivity index (χ1v) is 7.94. The predicted molar refractivity (Wildman–Crippen MR) is 88.1 cm³/mol. The molecule has 3 rings (SSSR count). The number of amides is 2. The van der Waals surface area contributed by atoms with Crippen LogP contribution in [0.1, 0.15) is 37.1 Å². The molecule has 1 saturated heterocycles. The number of fused-ring (bicyclic) bond motifs is 1. The van der Waals surface area contributed by atoms with Crippen molar-refractivity contribution in [2.24, 2.45) is 0 Å². The topological polar surface area (TPSA) is 58.1 Å². The molecule has 116 valence electrons. The van der Waals surface area contributed by atoms with Gasteiger partial charge >= 0.3 is 6.03 Å². The van der Waals surface area contributed by atoms with Crippen molar-refractivity contribution < 1.29 is 4.79 Å². The largest absolute Gasteiger partial charge is 0.325 e. The lowest BCUT2D eigenvalue weighted by Crippen LogP contribution is -2.35. The summed E-state index contributed by atoms with van der Waals surface area (Å²) in [6.45, 7) is 5.59. The minimum atomic E-state index is -0.0157. The Labute approximate surface area is 130 Å². The molecule has 2 aromatic rings. The van der Waals surface area contributed by atoms with Crippen molar-refractivity contribution in [1.29, 1.82) is 0 Å². The maximum absolute atomic E-state index is 12.4. The van der Waals surface area contributed by atoms with E-state index in [1.165, 1.54) is 12.8 Å². The average molecular weight is 298 g/mol. The van der Waals surface area contributed by atoms with E-state index in [-0.39, 0.29) is 6.03 Å². The van der Waals surface area contributed by atoms with E-state index >= 15 is 0 Å². The number of carbonyl (C=O) groups is 1. The SMILES string of the molecule is Cc1nc2ccc(NC(=O)N3CCCCCC3)cc2nc1C. The summed E-state index contributed by atoms with van der Waals surface area (Å²) in [5.41, 5.74) is 4.31. The Kier molecular flexibility index (Phi) is 4.22. The molecule has 22 heavy (non-hydrogen) atoms. The van der Waals surface area contributed by atoms with Crippen LogP contribution in [0.3, 0.4) is 0 Å². The quantitative estimate of drug-likeness (QED) is 0.874. The van der Waals surface area contributed by atoms with Gasteiger partial charge in [0, 0.05) is 18.8 Å². The van der Waals surface area contributed by atoms with Crippen molar-refractivity contribution in [3.8, 4) is 0 Å². The fourth-order valence-corrected chi connectivity index (χ4v) is 2.78. The van der Waals surface area contributed by atoms with Gasteiger partial charge in [-0.2, -0.15) is 0 Å². The van der Waals surface area contributed by atoms with Crippen LogP contribution in [0.4, 0.5) is 10.5 Å². The minimum Gasteiger partial charge on any atom is -0.325 e. The molecule has 0 aliphatic carbocycles. The second-order valence-electron chi connectivity index (χ2n) is 5.93. The molecular weight excluding hydrogens is 276 g/mol. The van der Waals surface area contributed by atoms with Crippen molar-refractivity contribution in [3.05, 3.63) is 29.6 Å². The van der Waals surface area contributed by atoms with Crippen LogP contribution in [0.25, 0.3) is 11.0 Å². The first-order chi connectivity index (χ1) is 10.6. The van der Waals surface area contributed by atoms with Crippen LogP contribution < -0.4 is 5.32 Å². The number of rotatable bonds is 1. The highest BCUT2D eigenvalue weighted by Gasteiger charge is 2.15. The van der Waals surface area contributed by atoms with Gasteiger partial charge in [0.05, 0.1) is 22.4 Å². The van der Waals surface area contributed by atoms with E-state index in [4.69, 9.17) is 0 Å². The summed E-state index contributed by atoms with van der Waals surface area (Å²) in [6, 6.07) is 5.68. The number of hydrogen-bond donors (Lipinski definition) is 1. The van der Waals surface area contributed by atoms with Crippen LogP contribution in [0, 0.1) is 13.8 Å². The number of nitrogens with one attached hydrogen (secondary N) is 1. The summed E-state index contributed by atoms with van der Waals surface area (Å²) in [7, 11) is 0. The van der Waals surface area contributed by atoms with Crippen molar-refractivity contribution in [2.45, 2.75) is 39.5 Å². The van der Waals surface area contributed by atoms with Crippen LogP contribution in [0.2, 0.25) is 0 Å². The van der Waals surface area contributed by atoms with Gasteiger partial charge < -0.3 is 10.2 Å². The van der Waals surface area contributed by atoms with Gasteiger partial charge in [0.2, 0.25) is 0 Å². The number of hydrogen-bond acceptors (Lipinski definition) is 3. The highest BCUT2D eigenvalue weighted by atomic mass is 16.2. The standard InChI is InChI=1S/C17H22N4O/c1-12-13(2)19-16-11-14(7-8-15(16)18-12)20-17(22)21-9-5-3-4-6-10-21/h7-8,11H,3-6,9-10H2,1-2H3,(H,20,22). The van der Waals surface area contributed by atoms with Gasteiger partial charge in [-0.15, -0.1) is 0 Å². The third-order valence-corrected chi connectivity index (χ3v) is 4.22. The minimum absolute atomic E-state index is 0.0157. The molecule has 0 radical (unpaired) electrons. The molecule has 1 N–H and O–H groups in total. The summed E-state index contributed by atoms with van der Waals surface area (Å²) >= 11 is 0. The third-order valence-electron chi connectivity index (χ3n) is 4.22. The molecule has 1 aliphatic rings. The summed E-state index contributed by atoms with van der Waals surface area (Å²) in [5, 5.41) is 2.98. The van der Waals surface area contributed by atoms with Crippen LogP contribution in [0.5, 0.6) is 0 Å². The maximum Gasteiger partial charge on any atom is 0.321 e. The zero-order chi connectivity index (χ0) is 15.5. The molecule has 2 amide bonds. The predicted octanol–water partition coefficient (Wildman–Crippen LogP) is 3.65. The number of anilines is 1. The van der Waals surface area contributed by atoms with Crippen LogP contribution >= 0.6 is 0 Å². The highest BCUT2D eigenvalue weighted by Crippen LogP contribution is 2.18.